The number of aromatic nitrogens is 3. The highest BCUT2D eigenvalue weighted by atomic mass is 19.4. The number of hydrogen-bond acceptors (Lipinski definition) is 4. The third kappa shape index (κ3) is 3.75. The second kappa shape index (κ2) is 7.55. The summed E-state index contributed by atoms with van der Waals surface area (Å²) in [6.07, 6.45) is 4.90. The topological polar surface area (TPSA) is 43.2 Å². The SMILES string of the molecule is Cc1ncc(-c2cn([C@H]3[C@@H]4CC(N5CCOCC5)C[C@@H]43)c(CC3CC3)n2)cc1C(F)(F)F. The van der Waals surface area contributed by atoms with Gasteiger partial charge >= 0.3 is 6.18 Å². The van der Waals surface area contributed by atoms with Gasteiger partial charge in [-0.1, -0.05) is 0 Å². The van der Waals surface area contributed by atoms with Crippen LogP contribution in [0.1, 0.15) is 48.8 Å². The first-order valence-electron chi connectivity index (χ1n) is 11.8. The molecule has 0 amide bonds. The first-order chi connectivity index (χ1) is 15.4. The lowest BCUT2D eigenvalue weighted by Gasteiger charge is -2.33. The molecule has 0 aromatic carbocycles. The van der Waals surface area contributed by atoms with Crippen LogP contribution in [0, 0.1) is 24.7 Å². The fraction of sp³-hybridized carbons (Fsp3) is 0.667. The summed E-state index contributed by atoms with van der Waals surface area (Å²) in [5.41, 5.74) is 0.402. The van der Waals surface area contributed by atoms with E-state index in [0.717, 1.165) is 38.5 Å². The van der Waals surface area contributed by atoms with E-state index in [-0.39, 0.29) is 5.69 Å². The molecule has 5 nitrogen and oxygen atoms in total. The van der Waals surface area contributed by atoms with Crippen LogP contribution < -0.4 is 0 Å². The van der Waals surface area contributed by atoms with E-state index < -0.39 is 11.7 Å². The number of hydrogen-bond donors (Lipinski definition) is 0. The van der Waals surface area contributed by atoms with Gasteiger partial charge < -0.3 is 9.30 Å². The highest BCUT2D eigenvalue weighted by molar-refractivity contribution is 5.59. The molecule has 0 N–H and O–H groups in total. The van der Waals surface area contributed by atoms with Gasteiger partial charge in [-0.3, -0.25) is 9.88 Å². The van der Waals surface area contributed by atoms with E-state index in [1.54, 1.807) is 0 Å². The van der Waals surface area contributed by atoms with E-state index in [9.17, 15) is 13.2 Å². The van der Waals surface area contributed by atoms with Gasteiger partial charge in [-0.2, -0.15) is 13.2 Å². The number of aryl methyl sites for hydroxylation is 1. The molecule has 1 aliphatic heterocycles. The number of imidazole rings is 1. The minimum absolute atomic E-state index is 0.00441. The number of ether oxygens (including phenoxy) is 1. The van der Waals surface area contributed by atoms with E-state index >= 15 is 0 Å². The van der Waals surface area contributed by atoms with Crippen molar-refractivity contribution >= 4 is 0 Å². The van der Waals surface area contributed by atoms with Crippen molar-refractivity contribution in [3.05, 3.63) is 35.5 Å². The van der Waals surface area contributed by atoms with Crippen LogP contribution in [0.2, 0.25) is 0 Å². The minimum atomic E-state index is -4.41. The van der Waals surface area contributed by atoms with Crippen molar-refractivity contribution in [3.63, 3.8) is 0 Å². The molecule has 1 unspecified atom stereocenters. The molecule has 32 heavy (non-hydrogen) atoms. The predicted molar refractivity (Wildman–Crippen MR) is 113 cm³/mol. The maximum absolute atomic E-state index is 13.4. The number of alkyl halides is 3. The first kappa shape index (κ1) is 20.7. The number of nitrogens with zero attached hydrogens (tertiary/aromatic N) is 4. The van der Waals surface area contributed by atoms with Gasteiger partial charge in [-0.15, -0.1) is 0 Å². The van der Waals surface area contributed by atoms with Crippen LogP contribution in [0.15, 0.2) is 18.5 Å². The Morgan fingerprint density at radius 3 is 2.50 bits per heavy atom. The average molecular weight is 447 g/mol. The summed E-state index contributed by atoms with van der Waals surface area (Å²) >= 11 is 0. The summed E-state index contributed by atoms with van der Waals surface area (Å²) in [7, 11) is 0. The number of fused-ring (bicyclic) bond motifs is 1. The quantitative estimate of drug-likeness (QED) is 0.678. The number of pyridine rings is 1. The van der Waals surface area contributed by atoms with Gasteiger partial charge in [0.05, 0.1) is 24.5 Å². The second-order valence-corrected chi connectivity index (χ2v) is 10.0. The molecular weight excluding hydrogens is 417 g/mol. The molecule has 4 fully saturated rings. The summed E-state index contributed by atoms with van der Waals surface area (Å²) < 4.78 is 48.1. The zero-order valence-electron chi connectivity index (χ0n) is 18.3. The summed E-state index contributed by atoms with van der Waals surface area (Å²) in [6.45, 7) is 5.12. The number of halogens is 3. The van der Waals surface area contributed by atoms with E-state index in [1.807, 2.05) is 6.20 Å². The maximum Gasteiger partial charge on any atom is 0.418 e. The van der Waals surface area contributed by atoms with Crippen LogP contribution in [0.25, 0.3) is 11.3 Å². The lowest BCUT2D eigenvalue weighted by atomic mass is 10.1. The Bertz CT molecular complexity index is 997. The Morgan fingerprint density at radius 2 is 1.84 bits per heavy atom. The van der Waals surface area contributed by atoms with Gasteiger partial charge in [-0.05, 0) is 56.4 Å². The summed E-state index contributed by atoms with van der Waals surface area (Å²) in [5, 5.41) is 0. The van der Waals surface area contributed by atoms with Crippen LogP contribution in [0.5, 0.6) is 0 Å². The van der Waals surface area contributed by atoms with Gasteiger partial charge in [0.1, 0.15) is 5.82 Å². The molecule has 3 heterocycles. The Hall–Kier alpha value is -1.93. The summed E-state index contributed by atoms with van der Waals surface area (Å²) in [4.78, 5) is 11.4. The van der Waals surface area contributed by atoms with Crippen molar-refractivity contribution < 1.29 is 17.9 Å². The number of morpholine rings is 1. The molecule has 4 atom stereocenters. The molecular formula is C24H29F3N4O. The average Bonchev–Trinajstić information content (AvgIpc) is 3.61. The van der Waals surface area contributed by atoms with Gasteiger partial charge in [-0.25, -0.2) is 4.98 Å². The molecule has 1 saturated heterocycles. The molecule has 0 radical (unpaired) electrons. The molecule has 172 valence electrons. The van der Waals surface area contributed by atoms with Crippen LogP contribution >= 0.6 is 0 Å². The van der Waals surface area contributed by atoms with Crippen molar-refractivity contribution in [2.75, 3.05) is 26.3 Å². The zero-order valence-corrected chi connectivity index (χ0v) is 18.3. The van der Waals surface area contributed by atoms with Crippen molar-refractivity contribution in [1.82, 2.24) is 19.4 Å². The molecule has 3 aliphatic carbocycles. The van der Waals surface area contributed by atoms with Crippen LogP contribution in [-0.4, -0.2) is 51.8 Å². The van der Waals surface area contributed by atoms with E-state index in [1.165, 1.54) is 44.9 Å². The molecule has 0 spiro atoms. The Balaban J connectivity index is 1.25. The Morgan fingerprint density at radius 1 is 1.12 bits per heavy atom. The fourth-order valence-corrected chi connectivity index (χ4v) is 5.95. The summed E-state index contributed by atoms with van der Waals surface area (Å²) in [5.74, 6) is 3.03. The van der Waals surface area contributed by atoms with E-state index in [4.69, 9.17) is 9.72 Å². The van der Waals surface area contributed by atoms with Crippen molar-refractivity contribution in [3.8, 4) is 11.3 Å². The maximum atomic E-state index is 13.4. The van der Waals surface area contributed by atoms with Crippen molar-refractivity contribution in [2.45, 2.75) is 57.3 Å². The molecule has 2 aromatic rings. The molecule has 2 aromatic heterocycles. The minimum Gasteiger partial charge on any atom is -0.379 e. The molecule has 3 saturated carbocycles. The third-order valence-electron chi connectivity index (χ3n) is 7.92. The molecule has 4 aliphatic rings. The normalized spacial score (nSPS) is 30.5. The lowest BCUT2D eigenvalue weighted by Crippen LogP contribution is -2.43. The van der Waals surface area contributed by atoms with Gasteiger partial charge in [0.25, 0.3) is 0 Å². The zero-order chi connectivity index (χ0) is 22.0. The Labute approximate surface area is 186 Å². The van der Waals surface area contributed by atoms with Gasteiger partial charge in [0.15, 0.2) is 0 Å². The third-order valence-corrected chi connectivity index (χ3v) is 7.92. The van der Waals surface area contributed by atoms with Gasteiger partial charge in [0.2, 0.25) is 0 Å². The second-order valence-electron chi connectivity index (χ2n) is 10.0. The van der Waals surface area contributed by atoms with Gasteiger partial charge in [0, 0.05) is 55.2 Å². The summed E-state index contributed by atoms with van der Waals surface area (Å²) in [6, 6.07) is 2.30. The molecule has 6 rings (SSSR count). The van der Waals surface area contributed by atoms with Crippen LogP contribution in [0.4, 0.5) is 13.2 Å². The predicted octanol–water partition coefficient (Wildman–Crippen LogP) is 4.51. The highest BCUT2D eigenvalue weighted by Crippen LogP contribution is 2.62. The fourth-order valence-electron chi connectivity index (χ4n) is 5.95. The van der Waals surface area contributed by atoms with Crippen LogP contribution in [0.3, 0.4) is 0 Å². The van der Waals surface area contributed by atoms with Crippen molar-refractivity contribution in [1.29, 1.82) is 0 Å². The van der Waals surface area contributed by atoms with E-state index in [0.29, 0.717) is 41.1 Å². The number of rotatable bonds is 5. The van der Waals surface area contributed by atoms with Crippen LogP contribution in [-0.2, 0) is 17.3 Å². The monoisotopic (exact) mass is 446 g/mol. The molecule has 8 heteroatoms. The lowest BCUT2D eigenvalue weighted by molar-refractivity contribution is -0.138. The largest absolute Gasteiger partial charge is 0.418 e. The van der Waals surface area contributed by atoms with E-state index in [2.05, 4.69) is 14.5 Å². The Kier molecular flexibility index (Phi) is 4.88. The smallest absolute Gasteiger partial charge is 0.379 e. The van der Waals surface area contributed by atoms with Crippen molar-refractivity contribution in [2.24, 2.45) is 17.8 Å². The highest BCUT2D eigenvalue weighted by Gasteiger charge is 2.58. The molecule has 0 bridgehead atoms. The first-order valence-corrected chi connectivity index (χ1v) is 11.8. The standard InChI is InChI=1S/C24H29F3N4O/c1-14-20(24(25,26)27)9-16(12-28-14)21-13-31(22(29-21)8-15-2-3-15)23-18-10-17(11-19(18)23)30-4-6-32-7-5-30/h9,12-13,15,17-19,23H,2-8,10-11H2,1H3/t17?,18-,19+,23+.